The highest BCUT2D eigenvalue weighted by atomic mass is 35.5. The van der Waals surface area contributed by atoms with Crippen LogP contribution in [0.1, 0.15) is 17.5 Å². The minimum Gasteiger partial charge on any atom is -0.497 e. The van der Waals surface area contributed by atoms with Gasteiger partial charge in [0.2, 0.25) is 17.7 Å². The molecule has 8 heteroatoms. The van der Waals surface area contributed by atoms with Crippen LogP contribution in [0, 0.1) is 6.92 Å². The monoisotopic (exact) mass is 441 g/mol. The van der Waals surface area contributed by atoms with E-state index in [1.807, 2.05) is 19.1 Å². The van der Waals surface area contributed by atoms with Crippen molar-refractivity contribution in [3.8, 4) is 5.75 Å². The van der Waals surface area contributed by atoms with Crippen LogP contribution in [0.15, 0.2) is 48.5 Å². The van der Waals surface area contributed by atoms with Crippen molar-refractivity contribution in [3.63, 3.8) is 0 Å². The number of nitrogens with one attached hydrogen (secondary N) is 2. The van der Waals surface area contributed by atoms with E-state index in [1.165, 1.54) is 11.0 Å². The lowest BCUT2D eigenvalue weighted by molar-refractivity contribution is -0.141. The summed E-state index contributed by atoms with van der Waals surface area (Å²) in [4.78, 5) is 39.1. The Labute approximate surface area is 186 Å². The van der Waals surface area contributed by atoms with Crippen molar-refractivity contribution in [2.45, 2.75) is 19.4 Å². The fraction of sp³-hybridized carbons (Fsp3) is 0.261. The quantitative estimate of drug-likeness (QED) is 0.674. The Kier molecular flexibility index (Phi) is 7.31. The molecule has 2 aromatic rings. The number of rotatable bonds is 6. The second kappa shape index (κ2) is 10.1. The molecule has 3 rings (SSSR count). The zero-order chi connectivity index (χ0) is 22.4. The third kappa shape index (κ3) is 5.86. The number of halogens is 1. The molecular weight excluding hydrogens is 418 g/mol. The van der Waals surface area contributed by atoms with Crippen molar-refractivity contribution in [2.75, 3.05) is 25.5 Å². The summed E-state index contributed by atoms with van der Waals surface area (Å²) >= 11 is 6.10. The molecule has 0 saturated carbocycles. The van der Waals surface area contributed by atoms with Crippen molar-refractivity contribution >= 4 is 41.1 Å². The number of piperazine rings is 1. The van der Waals surface area contributed by atoms with Crippen molar-refractivity contribution in [1.82, 2.24) is 10.2 Å². The standard InChI is InChI=1S/C23H24ClN3O4/c1-15-3-7-17(13-19(15)24)26-21(28)14-20-23(30)25-11-12-27(20)22(29)10-6-16-4-8-18(31-2)9-5-16/h3-10,13,20H,11-12,14H2,1-2H3,(H,25,30)(H,26,28)/b10-6+. The summed E-state index contributed by atoms with van der Waals surface area (Å²) in [5.41, 5.74) is 2.25. The van der Waals surface area contributed by atoms with Gasteiger partial charge in [-0.15, -0.1) is 0 Å². The Balaban J connectivity index is 1.67. The third-order valence-corrected chi connectivity index (χ3v) is 5.39. The van der Waals surface area contributed by atoms with Crippen LogP contribution in [-0.2, 0) is 14.4 Å². The number of methoxy groups -OCH3 is 1. The third-order valence-electron chi connectivity index (χ3n) is 4.98. The molecule has 1 unspecified atom stereocenters. The van der Waals surface area contributed by atoms with Gasteiger partial charge in [0, 0.05) is 29.9 Å². The fourth-order valence-corrected chi connectivity index (χ4v) is 3.40. The molecule has 31 heavy (non-hydrogen) atoms. The van der Waals surface area contributed by atoms with E-state index in [0.717, 1.165) is 16.9 Å². The topological polar surface area (TPSA) is 87.7 Å². The number of ether oxygens (including phenoxy) is 1. The highest BCUT2D eigenvalue weighted by Crippen LogP contribution is 2.21. The number of amides is 3. The lowest BCUT2D eigenvalue weighted by atomic mass is 10.1. The summed E-state index contributed by atoms with van der Waals surface area (Å²) in [5.74, 6) is -0.340. The zero-order valence-corrected chi connectivity index (χ0v) is 18.1. The van der Waals surface area contributed by atoms with Crippen LogP contribution in [0.25, 0.3) is 6.08 Å². The van der Waals surface area contributed by atoms with Gasteiger partial charge in [-0.05, 0) is 48.4 Å². The summed E-state index contributed by atoms with van der Waals surface area (Å²) in [7, 11) is 1.58. The lowest BCUT2D eigenvalue weighted by Crippen LogP contribution is -2.57. The minimum absolute atomic E-state index is 0.153. The van der Waals surface area contributed by atoms with E-state index < -0.39 is 6.04 Å². The predicted octanol–water partition coefficient (Wildman–Crippen LogP) is 3.03. The van der Waals surface area contributed by atoms with Gasteiger partial charge < -0.3 is 20.3 Å². The van der Waals surface area contributed by atoms with Gasteiger partial charge in [0.25, 0.3) is 0 Å². The molecule has 2 aromatic carbocycles. The first-order valence-corrected chi connectivity index (χ1v) is 10.2. The lowest BCUT2D eigenvalue weighted by Gasteiger charge is -2.34. The molecule has 162 valence electrons. The Hall–Kier alpha value is -3.32. The van der Waals surface area contributed by atoms with Crippen molar-refractivity contribution in [3.05, 3.63) is 64.7 Å². The second-order valence-corrected chi connectivity index (χ2v) is 7.57. The maximum absolute atomic E-state index is 12.8. The normalized spacial score (nSPS) is 16.2. The molecular formula is C23H24ClN3O4. The Morgan fingerprint density at radius 3 is 2.68 bits per heavy atom. The van der Waals surface area contributed by atoms with Gasteiger partial charge in [0.15, 0.2) is 0 Å². The average Bonchev–Trinajstić information content (AvgIpc) is 2.76. The van der Waals surface area contributed by atoms with Crippen LogP contribution in [0.3, 0.4) is 0 Å². The highest BCUT2D eigenvalue weighted by Gasteiger charge is 2.33. The van der Waals surface area contributed by atoms with Gasteiger partial charge in [0.1, 0.15) is 11.8 Å². The minimum atomic E-state index is -0.886. The molecule has 1 aliphatic heterocycles. The van der Waals surface area contributed by atoms with E-state index in [4.69, 9.17) is 16.3 Å². The van der Waals surface area contributed by atoms with E-state index in [-0.39, 0.29) is 24.1 Å². The summed E-state index contributed by atoms with van der Waals surface area (Å²) in [6.07, 6.45) is 2.92. The molecule has 0 radical (unpaired) electrons. The number of benzene rings is 2. The molecule has 0 aliphatic carbocycles. The van der Waals surface area contributed by atoms with Gasteiger partial charge in [0.05, 0.1) is 13.5 Å². The molecule has 3 amide bonds. The predicted molar refractivity (Wildman–Crippen MR) is 120 cm³/mol. The van der Waals surface area contributed by atoms with E-state index in [0.29, 0.717) is 23.8 Å². The molecule has 0 bridgehead atoms. The Morgan fingerprint density at radius 1 is 1.26 bits per heavy atom. The number of hydrogen-bond donors (Lipinski definition) is 2. The van der Waals surface area contributed by atoms with Crippen LogP contribution in [0.2, 0.25) is 5.02 Å². The number of carbonyl (C=O) groups is 3. The smallest absolute Gasteiger partial charge is 0.247 e. The average molecular weight is 442 g/mol. The van der Waals surface area contributed by atoms with Crippen LogP contribution in [-0.4, -0.2) is 48.9 Å². The number of hydrogen-bond acceptors (Lipinski definition) is 4. The molecule has 1 saturated heterocycles. The van der Waals surface area contributed by atoms with Gasteiger partial charge in [-0.25, -0.2) is 0 Å². The van der Waals surface area contributed by atoms with Crippen molar-refractivity contribution in [2.24, 2.45) is 0 Å². The number of carbonyl (C=O) groups excluding carboxylic acids is 3. The summed E-state index contributed by atoms with van der Waals surface area (Å²) in [6, 6.07) is 11.5. The number of anilines is 1. The number of nitrogens with zero attached hydrogens (tertiary/aromatic N) is 1. The van der Waals surface area contributed by atoms with E-state index in [2.05, 4.69) is 10.6 Å². The van der Waals surface area contributed by atoms with Crippen LogP contribution in [0.4, 0.5) is 5.69 Å². The molecule has 1 aliphatic rings. The molecule has 1 fully saturated rings. The summed E-state index contributed by atoms with van der Waals surface area (Å²) in [5, 5.41) is 5.99. The van der Waals surface area contributed by atoms with Gasteiger partial charge in [-0.1, -0.05) is 29.8 Å². The summed E-state index contributed by atoms with van der Waals surface area (Å²) < 4.78 is 5.12. The summed E-state index contributed by atoms with van der Waals surface area (Å²) in [6.45, 7) is 2.53. The van der Waals surface area contributed by atoms with E-state index in [1.54, 1.807) is 43.5 Å². The molecule has 2 N–H and O–H groups in total. The van der Waals surface area contributed by atoms with E-state index in [9.17, 15) is 14.4 Å². The molecule has 1 heterocycles. The van der Waals surface area contributed by atoms with Crippen LogP contribution < -0.4 is 15.4 Å². The van der Waals surface area contributed by atoms with Gasteiger partial charge >= 0.3 is 0 Å². The van der Waals surface area contributed by atoms with Crippen LogP contribution >= 0.6 is 11.6 Å². The molecule has 7 nitrogen and oxygen atoms in total. The number of aryl methyl sites for hydroxylation is 1. The molecule has 0 spiro atoms. The molecule has 1 atom stereocenters. The largest absolute Gasteiger partial charge is 0.497 e. The molecule has 0 aromatic heterocycles. The van der Waals surface area contributed by atoms with Crippen molar-refractivity contribution in [1.29, 1.82) is 0 Å². The highest BCUT2D eigenvalue weighted by molar-refractivity contribution is 6.31. The maximum Gasteiger partial charge on any atom is 0.247 e. The Morgan fingerprint density at radius 2 is 2.00 bits per heavy atom. The van der Waals surface area contributed by atoms with Crippen molar-refractivity contribution < 1.29 is 19.1 Å². The first kappa shape index (κ1) is 22.4. The first-order chi connectivity index (χ1) is 14.9. The fourth-order valence-electron chi connectivity index (χ4n) is 3.22. The first-order valence-electron chi connectivity index (χ1n) is 9.84. The van der Waals surface area contributed by atoms with Gasteiger partial charge in [-0.2, -0.15) is 0 Å². The van der Waals surface area contributed by atoms with Gasteiger partial charge in [-0.3, -0.25) is 14.4 Å². The maximum atomic E-state index is 12.8. The SMILES string of the molecule is COc1ccc(/C=C/C(=O)N2CCNC(=O)C2CC(=O)Nc2ccc(C)c(Cl)c2)cc1. The second-order valence-electron chi connectivity index (χ2n) is 7.16. The zero-order valence-electron chi connectivity index (χ0n) is 17.4. The Bertz CT molecular complexity index is 1000. The van der Waals surface area contributed by atoms with Crippen LogP contribution in [0.5, 0.6) is 5.75 Å². The van der Waals surface area contributed by atoms with E-state index >= 15 is 0 Å².